The van der Waals surface area contributed by atoms with Gasteiger partial charge in [0.15, 0.2) is 0 Å². The van der Waals surface area contributed by atoms with Crippen molar-refractivity contribution >= 4 is 23.3 Å². The van der Waals surface area contributed by atoms with Crippen LogP contribution in [0.3, 0.4) is 0 Å². The first-order valence-electron chi connectivity index (χ1n) is 9.14. The van der Waals surface area contributed by atoms with Gasteiger partial charge in [-0.2, -0.15) is 0 Å². The predicted molar refractivity (Wildman–Crippen MR) is 94.1 cm³/mol. The van der Waals surface area contributed by atoms with Crippen LogP contribution in [0.2, 0.25) is 5.15 Å². The quantitative estimate of drug-likeness (QED) is 0.787. The molecule has 1 spiro atoms. The number of halogens is 1. The first kappa shape index (κ1) is 16.1. The first-order valence-corrected chi connectivity index (χ1v) is 9.52. The van der Waals surface area contributed by atoms with Crippen molar-refractivity contribution in [2.75, 3.05) is 31.1 Å². The van der Waals surface area contributed by atoms with Crippen LogP contribution in [-0.4, -0.2) is 47.0 Å². The molecule has 3 heterocycles. The molecule has 2 aliphatic heterocycles. The molecule has 2 saturated heterocycles. The summed E-state index contributed by atoms with van der Waals surface area (Å²) in [7, 11) is 0. The van der Waals surface area contributed by atoms with E-state index in [0.29, 0.717) is 22.4 Å². The van der Waals surface area contributed by atoms with Crippen molar-refractivity contribution in [3.63, 3.8) is 0 Å². The molecule has 6 heteroatoms. The molecule has 3 fully saturated rings. The molecule has 0 aromatic carbocycles. The molecular weight excluding hydrogens is 324 g/mol. The average molecular weight is 349 g/mol. The number of aromatic nitrogens is 2. The van der Waals surface area contributed by atoms with Gasteiger partial charge in [0.05, 0.1) is 0 Å². The average Bonchev–Trinajstić information content (AvgIpc) is 2.95. The summed E-state index contributed by atoms with van der Waals surface area (Å²) in [6, 6.07) is 1.84. The van der Waals surface area contributed by atoms with Gasteiger partial charge in [-0.05, 0) is 43.4 Å². The third kappa shape index (κ3) is 3.23. The molecule has 0 N–H and O–H groups in total. The lowest BCUT2D eigenvalue weighted by Crippen LogP contribution is -2.42. The maximum Gasteiger partial charge on any atom is 0.222 e. The van der Waals surface area contributed by atoms with Crippen LogP contribution >= 0.6 is 11.6 Å². The molecule has 1 saturated carbocycles. The number of anilines is 1. The highest BCUT2D eigenvalue weighted by molar-refractivity contribution is 6.29. The van der Waals surface area contributed by atoms with E-state index < -0.39 is 0 Å². The van der Waals surface area contributed by atoms with Crippen molar-refractivity contribution in [2.24, 2.45) is 11.3 Å². The minimum absolute atomic E-state index is 0.322. The fourth-order valence-corrected chi connectivity index (χ4v) is 4.48. The maximum atomic E-state index is 12.5. The van der Waals surface area contributed by atoms with Gasteiger partial charge in [0.25, 0.3) is 0 Å². The molecule has 1 aromatic rings. The van der Waals surface area contributed by atoms with Crippen molar-refractivity contribution in [1.29, 1.82) is 0 Å². The van der Waals surface area contributed by atoms with Crippen LogP contribution < -0.4 is 4.90 Å². The monoisotopic (exact) mass is 348 g/mol. The Labute approximate surface area is 148 Å². The van der Waals surface area contributed by atoms with Gasteiger partial charge >= 0.3 is 0 Å². The Morgan fingerprint density at radius 3 is 2.62 bits per heavy atom. The fraction of sp³-hybridized carbons (Fsp3) is 0.722. The normalized spacial score (nSPS) is 23.5. The van der Waals surface area contributed by atoms with Crippen LogP contribution in [-0.2, 0) is 4.79 Å². The number of nitrogens with zero attached hydrogens (tertiary/aromatic N) is 4. The van der Waals surface area contributed by atoms with Crippen LogP contribution in [0.1, 0.15) is 44.9 Å². The number of amides is 1. The summed E-state index contributed by atoms with van der Waals surface area (Å²) in [6.07, 6.45) is 9.53. The van der Waals surface area contributed by atoms with Crippen LogP contribution in [0.25, 0.3) is 0 Å². The number of carbonyl (C=O) groups excluding carboxylic acids is 1. The molecule has 1 aliphatic carbocycles. The molecule has 0 unspecified atom stereocenters. The number of hydrogen-bond acceptors (Lipinski definition) is 4. The Hall–Kier alpha value is -1.36. The number of piperidine rings is 1. The molecule has 130 valence electrons. The Bertz CT molecular complexity index is 611. The van der Waals surface area contributed by atoms with Crippen molar-refractivity contribution in [3.8, 4) is 0 Å². The minimum Gasteiger partial charge on any atom is -0.356 e. The highest BCUT2D eigenvalue weighted by Crippen LogP contribution is 2.42. The highest BCUT2D eigenvalue weighted by atomic mass is 35.5. The lowest BCUT2D eigenvalue weighted by Gasteiger charge is -2.39. The van der Waals surface area contributed by atoms with Gasteiger partial charge in [0.2, 0.25) is 5.91 Å². The summed E-state index contributed by atoms with van der Waals surface area (Å²) in [4.78, 5) is 25.2. The van der Waals surface area contributed by atoms with E-state index in [1.807, 2.05) is 6.07 Å². The van der Waals surface area contributed by atoms with Crippen molar-refractivity contribution in [2.45, 2.75) is 44.9 Å². The van der Waals surface area contributed by atoms with Gasteiger partial charge in [-0.15, -0.1) is 0 Å². The second-order valence-corrected chi connectivity index (χ2v) is 8.14. The molecule has 3 aliphatic rings. The van der Waals surface area contributed by atoms with Crippen LogP contribution in [0.15, 0.2) is 12.4 Å². The second-order valence-electron chi connectivity index (χ2n) is 7.75. The van der Waals surface area contributed by atoms with Crippen LogP contribution in [0.5, 0.6) is 0 Å². The zero-order valence-corrected chi connectivity index (χ0v) is 14.8. The van der Waals surface area contributed by atoms with E-state index in [1.54, 1.807) is 0 Å². The van der Waals surface area contributed by atoms with Crippen molar-refractivity contribution in [1.82, 2.24) is 14.9 Å². The van der Waals surface area contributed by atoms with Gasteiger partial charge in [0.1, 0.15) is 17.3 Å². The molecule has 1 aromatic heterocycles. The van der Waals surface area contributed by atoms with E-state index in [2.05, 4.69) is 19.8 Å². The first-order chi connectivity index (χ1) is 11.6. The van der Waals surface area contributed by atoms with Gasteiger partial charge in [-0.3, -0.25) is 4.79 Å². The summed E-state index contributed by atoms with van der Waals surface area (Å²) in [5, 5.41) is 0.494. The van der Waals surface area contributed by atoms with Gasteiger partial charge in [-0.1, -0.05) is 18.0 Å². The van der Waals surface area contributed by atoms with Crippen LogP contribution in [0, 0.1) is 11.3 Å². The summed E-state index contributed by atoms with van der Waals surface area (Å²) in [5.41, 5.74) is 0.322. The number of carbonyl (C=O) groups is 1. The molecule has 1 amide bonds. The Kier molecular flexibility index (Phi) is 4.37. The molecule has 24 heavy (non-hydrogen) atoms. The van der Waals surface area contributed by atoms with E-state index in [0.717, 1.165) is 57.7 Å². The zero-order valence-electron chi connectivity index (χ0n) is 14.1. The molecular formula is C18H25ClN4O. The molecule has 0 radical (unpaired) electrons. The van der Waals surface area contributed by atoms with E-state index in [4.69, 9.17) is 11.6 Å². The Balaban J connectivity index is 1.32. The highest BCUT2D eigenvalue weighted by Gasteiger charge is 2.42. The lowest BCUT2D eigenvalue weighted by atomic mass is 9.77. The molecule has 4 rings (SSSR count). The number of hydrogen-bond donors (Lipinski definition) is 0. The molecule has 0 bridgehead atoms. The summed E-state index contributed by atoms with van der Waals surface area (Å²) in [6.45, 7) is 3.87. The standard InChI is InChI=1S/C18H25ClN4O/c19-15-11-16(21-13-20-15)22-7-4-18(5-8-22)6-9-23(12-18)17(24)10-14-2-1-3-14/h11,13-14H,1-10,12H2. The summed E-state index contributed by atoms with van der Waals surface area (Å²) >= 11 is 5.97. The second kappa shape index (κ2) is 6.51. The smallest absolute Gasteiger partial charge is 0.222 e. The van der Waals surface area contributed by atoms with E-state index >= 15 is 0 Å². The number of likely N-dealkylation sites (tertiary alicyclic amines) is 1. The predicted octanol–water partition coefficient (Wildman–Crippen LogP) is 3.14. The number of rotatable bonds is 3. The van der Waals surface area contributed by atoms with Gasteiger partial charge in [-0.25, -0.2) is 9.97 Å². The fourth-order valence-electron chi connectivity index (χ4n) is 4.34. The van der Waals surface area contributed by atoms with Gasteiger partial charge in [0, 0.05) is 38.7 Å². The maximum absolute atomic E-state index is 12.5. The largest absolute Gasteiger partial charge is 0.356 e. The Morgan fingerprint density at radius 2 is 1.96 bits per heavy atom. The lowest BCUT2D eigenvalue weighted by molar-refractivity contribution is -0.132. The Morgan fingerprint density at radius 1 is 1.21 bits per heavy atom. The summed E-state index contributed by atoms with van der Waals surface area (Å²) in [5.74, 6) is 1.97. The third-order valence-electron chi connectivity index (χ3n) is 6.25. The minimum atomic E-state index is 0.322. The van der Waals surface area contributed by atoms with Crippen molar-refractivity contribution < 1.29 is 4.79 Å². The van der Waals surface area contributed by atoms with E-state index in [-0.39, 0.29) is 0 Å². The van der Waals surface area contributed by atoms with Gasteiger partial charge < -0.3 is 9.80 Å². The van der Waals surface area contributed by atoms with E-state index in [9.17, 15) is 4.79 Å². The van der Waals surface area contributed by atoms with E-state index in [1.165, 1.54) is 25.6 Å². The molecule has 5 nitrogen and oxygen atoms in total. The SMILES string of the molecule is O=C(CC1CCC1)N1CCC2(CCN(c3cc(Cl)ncn3)CC2)C1. The topological polar surface area (TPSA) is 49.3 Å². The molecule has 0 atom stereocenters. The zero-order chi connectivity index (χ0) is 16.6. The van der Waals surface area contributed by atoms with Crippen molar-refractivity contribution in [3.05, 3.63) is 17.5 Å². The van der Waals surface area contributed by atoms with Crippen LogP contribution in [0.4, 0.5) is 5.82 Å². The summed E-state index contributed by atoms with van der Waals surface area (Å²) < 4.78 is 0. The third-order valence-corrected chi connectivity index (χ3v) is 6.45.